The molecule has 3 aromatic heterocycles. The van der Waals surface area contributed by atoms with Crippen LogP contribution in [-0.4, -0.2) is 45.2 Å². The van der Waals surface area contributed by atoms with Gasteiger partial charge in [0.25, 0.3) is 10.0 Å². The van der Waals surface area contributed by atoms with Crippen LogP contribution in [0.3, 0.4) is 0 Å². The highest BCUT2D eigenvalue weighted by atomic mass is 32.2. The van der Waals surface area contributed by atoms with Crippen LogP contribution in [-0.2, 0) is 10.0 Å². The summed E-state index contributed by atoms with van der Waals surface area (Å²) in [7, 11) is -3.91. The van der Waals surface area contributed by atoms with Gasteiger partial charge in [-0.2, -0.15) is 0 Å². The first-order valence-corrected chi connectivity index (χ1v) is 10.5. The first-order chi connectivity index (χ1) is 14.6. The van der Waals surface area contributed by atoms with Crippen LogP contribution in [0.25, 0.3) is 11.2 Å². The van der Waals surface area contributed by atoms with Crippen molar-refractivity contribution in [1.82, 2.24) is 24.9 Å². The molecule has 4 heterocycles. The van der Waals surface area contributed by atoms with Crippen molar-refractivity contribution >= 4 is 44.3 Å². The molecule has 0 saturated heterocycles. The number of hydrogen-bond donors (Lipinski definition) is 2. The van der Waals surface area contributed by atoms with E-state index in [-0.39, 0.29) is 16.5 Å². The predicted molar refractivity (Wildman–Crippen MR) is 112 cm³/mol. The molecule has 0 fully saturated rings. The molecule has 30 heavy (non-hydrogen) atoms. The van der Waals surface area contributed by atoms with E-state index in [1.807, 2.05) is 13.0 Å². The number of sulfonamides is 1. The van der Waals surface area contributed by atoms with E-state index >= 15 is 0 Å². The lowest BCUT2D eigenvalue weighted by Crippen LogP contribution is -2.47. The Bertz CT molecular complexity index is 1370. The number of pyridine rings is 1. The number of fused-ring (bicyclic) bond motifs is 2. The highest BCUT2D eigenvalue weighted by molar-refractivity contribution is 7.93. The lowest BCUT2D eigenvalue weighted by atomic mass is 10.2. The highest BCUT2D eigenvalue weighted by Crippen LogP contribution is 2.35. The number of benzene rings is 1. The van der Waals surface area contributed by atoms with Gasteiger partial charge in [-0.25, -0.2) is 37.7 Å². The second-order valence-corrected chi connectivity index (χ2v) is 8.34. The van der Waals surface area contributed by atoms with E-state index < -0.39 is 16.1 Å². The molecule has 5 rings (SSSR count). The Hall–Kier alpha value is -3.86. The summed E-state index contributed by atoms with van der Waals surface area (Å²) in [5.74, 6) is 0.923. The van der Waals surface area contributed by atoms with Crippen LogP contribution in [0.4, 0.5) is 17.3 Å². The van der Waals surface area contributed by atoms with E-state index in [1.54, 1.807) is 30.3 Å². The van der Waals surface area contributed by atoms with Crippen molar-refractivity contribution in [3.8, 4) is 0 Å². The first-order valence-electron chi connectivity index (χ1n) is 9.10. The van der Waals surface area contributed by atoms with Gasteiger partial charge in [-0.15, -0.1) is 0 Å². The summed E-state index contributed by atoms with van der Waals surface area (Å²) in [4.78, 5) is 24.3. The summed E-state index contributed by atoms with van der Waals surface area (Å²) in [6, 6.07) is 11.4. The molecule has 1 atom stereocenters. The maximum Gasteiger partial charge on any atom is 0.273 e. The number of para-hydroxylation sites is 1. The smallest absolute Gasteiger partial charge is 0.273 e. The van der Waals surface area contributed by atoms with Crippen LogP contribution in [0.15, 0.2) is 71.2 Å². The molecule has 10 nitrogen and oxygen atoms in total. The van der Waals surface area contributed by atoms with E-state index in [1.165, 1.54) is 29.2 Å². The minimum Gasteiger partial charge on any atom is -0.358 e. The number of anilines is 2. The summed E-state index contributed by atoms with van der Waals surface area (Å²) in [6.45, 7) is 1.81. The van der Waals surface area contributed by atoms with Crippen molar-refractivity contribution in [2.45, 2.75) is 17.9 Å². The Morgan fingerprint density at radius 2 is 1.87 bits per heavy atom. The van der Waals surface area contributed by atoms with Gasteiger partial charge in [0.15, 0.2) is 17.3 Å². The molecule has 1 unspecified atom stereocenters. The average Bonchev–Trinajstić information content (AvgIpc) is 3.24. The summed E-state index contributed by atoms with van der Waals surface area (Å²) < 4.78 is 28.2. The van der Waals surface area contributed by atoms with Crippen molar-refractivity contribution < 1.29 is 8.42 Å². The topological polar surface area (TPSA) is 129 Å². The van der Waals surface area contributed by atoms with E-state index in [0.29, 0.717) is 22.7 Å². The van der Waals surface area contributed by atoms with Crippen LogP contribution in [0.1, 0.15) is 6.92 Å². The van der Waals surface area contributed by atoms with Crippen LogP contribution in [0.5, 0.6) is 0 Å². The fourth-order valence-electron chi connectivity index (χ4n) is 3.29. The standard InChI is InChI=1S/C19H16N8O2S/c1-12(25-18-15-17(22-10-21-15)23-11-24-18)19-26-16-14(8-5-9-20-16)30(28,29)27(19)13-6-3-2-4-7-13/h2-12H,1H3,(H2,21,22,23,24,25). The van der Waals surface area contributed by atoms with Crippen LogP contribution < -0.4 is 9.62 Å². The Morgan fingerprint density at radius 1 is 1.03 bits per heavy atom. The molecule has 1 aliphatic heterocycles. The van der Waals surface area contributed by atoms with Crippen molar-refractivity contribution in [2.75, 3.05) is 9.62 Å². The summed E-state index contributed by atoms with van der Waals surface area (Å²) in [5, 5.41) is 3.22. The van der Waals surface area contributed by atoms with Crippen LogP contribution >= 0.6 is 0 Å². The third-order valence-electron chi connectivity index (χ3n) is 4.65. The number of rotatable bonds is 4. The molecule has 4 aromatic rings. The fourth-order valence-corrected chi connectivity index (χ4v) is 4.91. The van der Waals surface area contributed by atoms with Gasteiger partial charge in [0.05, 0.1) is 18.1 Å². The van der Waals surface area contributed by atoms with E-state index in [9.17, 15) is 8.42 Å². The van der Waals surface area contributed by atoms with Crippen molar-refractivity contribution in [3.05, 3.63) is 61.3 Å². The van der Waals surface area contributed by atoms with Gasteiger partial charge >= 0.3 is 0 Å². The zero-order valence-electron chi connectivity index (χ0n) is 15.8. The molecule has 0 radical (unpaired) electrons. The maximum atomic E-state index is 13.5. The molecule has 0 spiro atoms. The van der Waals surface area contributed by atoms with Gasteiger partial charge in [0.1, 0.15) is 22.6 Å². The molecule has 0 saturated carbocycles. The van der Waals surface area contributed by atoms with Gasteiger partial charge in [-0.1, -0.05) is 18.2 Å². The second-order valence-electron chi connectivity index (χ2n) is 6.59. The normalized spacial score (nSPS) is 16.0. The summed E-state index contributed by atoms with van der Waals surface area (Å²) >= 11 is 0. The number of nitrogens with one attached hydrogen (secondary N) is 2. The number of nitrogens with zero attached hydrogens (tertiary/aromatic N) is 6. The van der Waals surface area contributed by atoms with E-state index in [0.717, 1.165) is 0 Å². The van der Waals surface area contributed by atoms with Gasteiger partial charge < -0.3 is 10.3 Å². The van der Waals surface area contributed by atoms with Crippen molar-refractivity contribution in [1.29, 1.82) is 0 Å². The largest absolute Gasteiger partial charge is 0.358 e. The number of amidine groups is 1. The number of imidazole rings is 1. The van der Waals surface area contributed by atoms with Crippen molar-refractivity contribution in [2.24, 2.45) is 4.99 Å². The third-order valence-corrected chi connectivity index (χ3v) is 6.40. The third kappa shape index (κ3) is 2.87. The summed E-state index contributed by atoms with van der Waals surface area (Å²) in [5.41, 5.74) is 1.60. The number of aromatic amines is 1. The minimum atomic E-state index is -3.91. The zero-order chi connectivity index (χ0) is 20.7. The molecule has 1 aliphatic rings. The van der Waals surface area contributed by atoms with Crippen LogP contribution in [0.2, 0.25) is 0 Å². The number of hydrogen-bond acceptors (Lipinski definition) is 8. The Balaban J connectivity index is 1.64. The van der Waals surface area contributed by atoms with Gasteiger partial charge in [0, 0.05) is 6.20 Å². The molecule has 1 aromatic carbocycles. The highest BCUT2D eigenvalue weighted by Gasteiger charge is 2.38. The van der Waals surface area contributed by atoms with Gasteiger partial charge in [-0.3, -0.25) is 0 Å². The molecule has 0 bridgehead atoms. The van der Waals surface area contributed by atoms with Crippen molar-refractivity contribution in [3.63, 3.8) is 0 Å². The van der Waals surface area contributed by atoms with E-state index in [4.69, 9.17) is 0 Å². The lowest BCUT2D eigenvalue weighted by Gasteiger charge is -2.32. The number of H-pyrrole nitrogens is 1. The Kier molecular flexibility index (Phi) is 4.17. The number of aliphatic imine (C=N–C) groups is 1. The monoisotopic (exact) mass is 420 g/mol. The average molecular weight is 420 g/mol. The molecular formula is C19H16N8O2S. The zero-order valence-corrected chi connectivity index (χ0v) is 16.6. The first kappa shape index (κ1) is 18.2. The molecule has 0 aliphatic carbocycles. The summed E-state index contributed by atoms with van der Waals surface area (Å²) in [6.07, 6.45) is 4.43. The predicted octanol–water partition coefficient (Wildman–Crippen LogP) is 2.49. The molecular weight excluding hydrogens is 404 g/mol. The van der Waals surface area contributed by atoms with Gasteiger partial charge in [-0.05, 0) is 31.2 Å². The molecule has 150 valence electrons. The second kappa shape index (κ2) is 6.88. The Morgan fingerprint density at radius 3 is 2.70 bits per heavy atom. The fraction of sp³-hybridized carbons (Fsp3) is 0.105. The maximum absolute atomic E-state index is 13.5. The Labute approximate surface area is 171 Å². The SMILES string of the molecule is CC(Nc1ncnc2nc[nH]c12)C1=Nc2ncccc2S(=O)(=O)N1c1ccccc1. The lowest BCUT2D eigenvalue weighted by molar-refractivity contribution is 0.595. The molecule has 11 heteroatoms. The quantitative estimate of drug-likeness (QED) is 0.519. The molecule has 0 amide bonds. The number of aromatic nitrogens is 5. The molecule has 2 N–H and O–H groups in total. The van der Waals surface area contributed by atoms with E-state index in [2.05, 4.69) is 35.2 Å². The van der Waals surface area contributed by atoms with Gasteiger partial charge in [0.2, 0.25) is 0 Å². The van der Waals surface area contributed by atoms with Crippen LogP contribution in [0, 0.1) is 0 Å². The minimum absolute atomic E-state index is 0.0581.